The van der Waals surface area contributed by atoms with E-state index in [1.54, 1.807) is 0 Å². The van der Waals surface area contributed by atoms with E-state index in [9.17, 15) is 0 Å². The van der Waals surface area contributed by atoms with E-state index in [4.69, 9.17) is 9.15 Å². The zero-order chi connectivity index (χ0) is 22.0. The van der Waals surface area contributed by atoms with E-state index in [1.807, 2.05) is 6.07 Å². The number of unbranched alkanes of at least 4 members (excludes halogenated alkanes) is 1. The van der Waals surface area contributed by atoms with Crippen LogP contribution in [-0.4, -0.2) is 30.2 Å². The first-order valence-corrected chi connectivity index (χ1v) is 12.6. The summed E-state index contributed by atoms with van der Waals surface area (Å²) in [5.74, 6) is 0.914. The molecular weight excluding hydrogens is 462 g/mol. The second-order valence-electron chi connectivity index (χ2n) is 9.23. The Morgan fingerprint density at radius 2 is 1.66 bits per heavy atom. The second kappa shape index (κ2) is 9.29. The molecule has 1 aromatic heterocycles. The minimum Gasteiger partial charge on any atom is -0.490 e. The first-order chi connectivity index (χ1) is 15.6. The van der Waals surface area contributed by atoms with Crippen molar-refractivity contribution in [3.05, 3.63) is 76.8 Å². The third kappa shape index (κ3) is 4.57. The number of halogens is 1. The largest absolute Gasteiger partial charge is 0.490 e. The van der Waals surface area contributed by atoms with Crippen molar-refractivity contribution in [3.63, 3.8) is 0 Å². The Hall–Kier alpha value is -2.30. The summed E-state index contributed by atoms with van der Waals surface area (Å²) < 4.78 is 14.8. The third-order valence-corrected chi connectivity index (χ3v) is 7.40. The summed E-state index contributed by atoms with van der Waals surface area (Å²) in [5.41, 5.74) is 3.25. The molecule has 0 atom stereocenters. The van der Waals surface area contributed by atoms with Gasteiger partial charge in [0.25, 0.3) is 0 Å². The number of benzene rings is 3. The number of ether oxygens (including phenoxy) is 1. The van der Waals surface area contributed by atoms with E-state index in [1.165, 1.54) is 42.5 Å². The van der Waals surface area contributed by atoms with Crippen LogP contribution in [0.4, 0.5) is 0 Å². The number of hydrogen-bond donors (Lipinski definition) is 0. The van der Waals surface area contributed by atoms with Crippen molar-refractivity contribution in [2.75, 3.05) is 19.6 Å². The first-order valence-electron chi connectivity index (χ1n) is 11.8. The molecule has 0 saturated carbocycles. The highest BCUT2D eigenvalue weighted by molar-refractivity contribution is 9.10. The van der Waals surface area contributed by atoms with Gasteiger partial charge in [0, 0.05) is 39.7 Å². The number of nitrogens with zero attached hydrogens (tertiary/aromatic N) is 1. The van der Waals surface area contributed by atoms with Gasteiger partial charge in [-0.3, -0.25) is 0 Å². The normalized spacial score (nSPS) is 21.2. The molecule has 2 heterocycles. The minimum absolute atomic E-state index is 0.273. The third-order valence-electron chi connectivity index (χ3n) is 6.91. The highest BCUT2D eigenvalue weighted by Crippen LogP contribution is 2.34. The number of fused-ring (bicyclic) bond motifs is 3. The summed E-state index contributed by atoms with van der Waals surface area (Å²) in [7, 11) is 0. The molecule has 0 unspecified atom stereocenters. The fraction of sp³-hybridized carbons (Fsp3) is 0.357. The maximum absolute atomic E-state index is 6.45. The van der Waals surface area contributed by atoms with E-state index in [-0.39, 0.29) is 6.10 Å². The number of piperidine rings is 1. The van der Waals surface area contributed by atoms with Gasteiger partial charge in [0.15, 0.2) is 0 Å². The molecule has 3 aromatic carbocycles. The Morgan fingerprint density at radius 1 is 0.938 bits per heavy atom. The molecule has 1 aliphatic rings. The topological polar surface area (TPSA) is 22.4 Å². The lowest BCUT2D eigenvalue weighted by Crippen LogP contribution is -2.54. The number of rotatable bonds is 7. The summed E-state index contributed by atoms with van der Waals surface area (Å²) in [6.45, 7) is 7.05. The summed E-state index contributed by atoms with van der Waals surface area (Å²) in [6.07, 6.45) is 5.01. The number of furan rings is 1. The Bertz CT molecular complexity index is 1190. The quantitative estimate of drug-likeness (QED) is 0.246. The maximum atomic E-state index is 6.45. The SMILES string of the molecule is CCCC[N+]1(Cc2ccccc2)CCC(Oc2ccc3c(c2)oc2cc(Br)ccc23)CC1. The monoisotopic (exact) mass is 492 g/mol. The van der Waals surface area contributed by atoms with E-state index < -0.39 is 0 Å². The standard InChI is InChI=1S/C28H31BrNO2/c1-2-3-15-30(20-21-7-5-4-6-8-21)16-13-23(14-17-30)31-24-10-12-26-25-11-9-22(29)18-27(25)32-28(26)19-24/h4-12,18-19,23H,2-3,13-17,20H2,1H3/q+1. The second-order valence-corrected chi connectivity index (χ2v) is 10.1. The van der Waals surface area contributed by atoms with Gasteiger partial charge in [0.2, 0.25) is 0 Å². The lowest BCUT2D eigenvalue weighted by atomic mass is 10.0. The van der Waals surface area contributed by atoms with Crippen LogP contribution in [0, 0.1) is 0 Å². The smallest absolute Gasteiger partial charge is 0.139 e. The van der Waals surface area contributed by atoms with Crippen LogP contribution in [0.2, 0.25) is 0 Å². The average Bonchev–Trinajstić information content (AvgIpc) is 3.16. The van der Waals surface area contributed by atoms with Crippen LogP contribution >= 0.6 is 15.9 Å². The Labute approximate surface area is 198 Å². The van der Waals surface area contributed by atoms with E-state index in [0.717, 1.165) is 51.5 Å². The molecule has 0 spiro atoms. The zero-order valence-corrected chi connectivity index (χ0v) is 20.3. The molecule has 0 amide bonds. The molecule has 1 aliphatic heterocycles. The molecule has 5 rings (SSSR count). The van der Waals surface area contributed by atoms with Crippen molar-refractivity contribution in [3.8, 4) is 5.75 Å². The van der Waals surface area contributed by atoms with Gasteiger partial charge in [-0.1, -0.05) is 59.6 Å². The Kier molecular flexibility index (Phi) is 6.25. The fourth-order valence-corrected chi connectivity index (χ4v) is 5.47. The highest BCUT2D eigenvalue weighted by atomic mass is 79.9. The number of likely N-dealkylation sites (tertiary alicyclic amines) is 1. The van der Waals surface area contributed by atoms with E-state index >= 15 is 0 Å². The van der Waals surface area contributed by atoms with E-state index in [2.05, 4.69) is 83.5 Å². The van der Waals surface area contributed by atoms with Crippen molar-refractivity contribution < 1.29 is 13.6 Å². The van der Waals surface area contributed by atoms with Crippen LogP contribution in [0.3, 0.4) is 0 Å². The van der Waals surface area contributed by atoms with Crippen LogP contribution in [-0.2, 0) is 6.54 Å². The van der Waals surface area contributed by atoms with Gasteiger partial charge in [-0.25, -0.2) is 0 Å². The first kappa shape index (κ1) is 21.5. The van der Waals surface area contributed by atoms with Gasteiger partial charge < -0.3 is 13.6 Å². The number of quaternary nitrogens is 1. The minimum atomic E-state index is 0.273. The predicted molar refractivity (Wildman–Crippen MR) is 135 cm³/mol. The summed E-state index contributed by atoms with van der Waals surface area (Å²) in [6, 6.07) is 23.4. The van der Waals surface area contributed by atoms with Gasteiger partial charge in [-0.15, -0.1) is 0 Å². The zero-order valence-electron chi connectivity index (χ0n) is 18.7. The van der Waals surface area contributed by atoms with Crippen LogP contribution in [0.5, 0.6) is 5.75 Å². The van der Waals surface area contributed by atoms with Crippen LogP contribution in [0.25, 0.3) is 21.9 Å². The molecule has 4 aromatic rings. The van der Waals surface area contributed by atoms with Gasteiger partial charge in [-0.05, 0) is 36.8 Å². The lowest BCUT2D eigenvalue weighted by Gasteiger charge is -2.44. The van der Waals surface area contributed by atoms with Crippen molar-refractivity contribution in [1.82, 2.24) is 0 Å². The molecule has 32 heavy (non-hydrogen) atoms. The van der Waals surface area contributed by atoms with Crippen molar-refractivity contribution in [2.45, 2.75) is 45.3 Å². The molecule has 4 heteroatoms. The van der Waals surface area contributed by atoms with Crippen molar-refractivity contribution in [2.24, 2.45) is 0 Å². The van der Waals surface area contributed by atoms with Gasteiger partial charge in [-0.2, -0.15) is 0 Å². The molecule has 3 nitrogen and oxygen atoms in total. The fourth-order valence-electron chi connectivity index (χ4n) is 5.13. The molecular formula is C28H31BrNO2+. The van der Waals surface area contributed by atoms with Crippen LogP contribution in [0.15, 0.2) is 75.6 Å². The maximum Gasteiger partial charge on any atom is 0.139 e. The molecule has 166 valence electrons. The summed E-state index contributed by atoms with van der Waals surface area (Å²) in [5, 5.41) is 2.29. The van der Waals surface area contributed by atoms with Gasteiger partial charge in [0.1, 0.15) is 29.6 Å². The van der Waals surface area contributed by atoms with Crippen LogP contribution in [0.1, 0.15) is 38.2 Å². The van der Waals surface area contributed by atoms with E-state index in [0.29, 0.717) is 0 Å². The molecule has 0 N–H and O–H groups in total. The van der Waals surface area contributed by atoms with Gasteiger partial charge in [0.05, 0.1) is 19.6 Å². The molecule has 0 bridgehead atoms. The van der Waals surface area contributed by atoms with Crippen LogP contribution < -0.4 is 4.74 Å². The number of hydrogen-bond acceptors (Lipinski definition) is 2. The Balaban J connectivity index is 1.28. The summed E-state index contributed by atoms with van der Waals surface area (Å²) >= 11 is 3.53. The van der Waals surface area contributed by atoms with Crippen molar-refractivity contribution in [1.29, 1.82) is 0 Å². The summed E-state index contributed by atoms with van der Waals surface area (Å²) in [4.78, 5) is 0. The average molecular weight is 493 g/mol. The highest BCUT2D eigenvalue weighted by Gasteiger charge is 2.34. The molecule has 0 aliphatic carbocycles. The lowest BCUT2D eigenvalue weighted by molar-refractivity contribution is -0.946. The molecule has 0 radical (unpaired) electrons. The Morgan fingerprint density at radius 3 is 2.41 bits per heavy atom. The van der Waals surface area contributed by atoms with Gasteiger partial charge >= 0.3 is 0 Å². The molecule has 1 fully saturated rings. The predicted octanol–water partition coefficient (Wildman–Crippen LogP) is 7.71. The molecule has 1 saturated heterocycles. The van der Waals surface area contributed by atoms with Crippen molar-refractivity contribution >= 4 is 37.9 Å².